The molecule has 19 heavy (non-hydrogen) atoms. The Kier molecular flexibility index (Phi) is 3.43. The van der Waals surface area contributed by atoms with E-state index in [1.165, 1.54) is 11.1 Å². The van der Waals surface area contributed by atoms with Crippen molar-refractivity contribution in [2.75, 3.05) is 5.73 Å². The molecule has 0 bridgehead atoms. The van der Waals surface area contributed by atoms with Gasteiger partial charge in [0.2, 0.25) is 0 Å². The fraction of sp³-hybridized carbons (Fsp3) is 0.333. The van der Waals surface area contributed by atoms with Crippen LogP contribution < -0.4 is 5.73 Å². The van der Waals surface area contributed by atoms with Gasteiger partial charge in [0, 0.05) is 5.92 Å². The van der Waals surface area contributed by atoms with Gasteiger partial charge in [-0.25, -0.2) is 9.97 Å². The van der Waals surface area contributed by atoms with Crippen molar-refractivity contribution in [1.82, 2.24) is 9.97 Å². The second-order valence-corrected chi connectivity index (χ2v) is 5.95. The summed E-state index contributed by atoms with van der Waals surface area (Å²) in [6.07, 6.45) is 3.09. The highest BCUT2D eigenvalue weighted by atomic mass is 127. The molecule has 2 aromatic rings. The van der Waals surface area contributed by atoms with Crippen LogP contribution in [0.15, 0.2) is 24.3 Å². The minimum atomic E-state index is 0.306. The van der Waals surface area contributed by atoms with Gasteiger partial charge in [-0.2, -0.15) is 0 Å². The molecule has 1 unspecified atom stereocenters. The van der Waals surface area contributed by atoms with Crippen molar-refractivity contribution in [2.24, 2.45) is 0 Å². The van der Waals surface area contributed by atoms with Crippen LogP contribution in [0.25, 0.3) is 0 Å². The largest absolute Gasteiger partial charge is 0.383 e. The van der Waals surface area contributed by atoms with E-state index in [1.54, 1.807) is 0 Å². The van der Waals surface area contributed by atoms with Gasteiger partial charge < -0.3 is 5.73 Å². The molecule has 1 aromatic carbocycles. The maximum atomic E-state index is 6.03. The Bertz CT molecular complexity index is 625. The number of fused-ring (bicyclic) bond motifs is 1. The second kappa shape index (κ2) is 5.07. The summed E-state index contributed by atoms with van der Waals surface area (Å²) in [5, 5.41) is 0. The number of hydrogen-bond acceptors (Lipinski definition) is 3. The van der Waals surface area contributed by atoms with Gasteiger partial charge in [0.15, 0.2) is 0 Å². The highest BCUT2D eigenvalue weighted by molar-refractivity contribution is 14.1. The molecule has 3 rings (SSSR count). The standard InChI is InChI=1S/C15H16IN3/c1-2-12-13(16)14(17)19-15(18-12)11-8-7-9-5-3-4-6-10(9)11/h3-6,11H,2,7-8H2,1H3,(H2,17,18,19). The van der Waals surface area contributed by atoms with Gasteiger partial charge >= 0.3 is 0 Å². The third-order valence-corrected chi connectivity index (χ3v) is 4.92. The Morgan fingerprint density at radius 1 is 1.32 bits per heavy atom. The van der Waals surface area contributed by atoms with E-state index in [0.717, 1.165) is 34.4 Å². The van der Waals surface area contributed by atoms with Gasteiger partial charge in [-0.3, -0.25) is 0 Å². The molecule has 4 heteroatoms. The first-order chi connectivity index (χ1) is 9.20. The molecule has 1 atom stereocenters. The van der Waals surface area contributed by atoms with Crippen molar-refractivity contribution < 1.29 is 0 Å². The van der Waals surface area contributed by atoms with Crippen LogP contribution in [-0.2, 0) is 12.8 Å². The molecule has 1 aromatic heterocycles. The van der Waals surface area contributed by atoms with E-state index >= 15 is 0 Å². The van der Waals surface area contributed by atoms with Crippen molar-refractivity contribution in [3.05, 3.63) is 50.5 Å². The van der Waals surface area contributed by atoms with Gasteiger partial charge in [0.1, 0.15) is 11.6 Å². The van der Waals surface area contributed by atoms with Crippen LogP contribution in [0.4, 0.5) is 5.82 Å². The molecule has 1 heterocycles. The van der Waals surface area contributed by atoms with Gasteiger partial charge in [-0.1, -0.05) is 31.2 Å². The Morgan fingerprint density at radius 2 is 2.11 bits per heavy atom. The topological polar surface area (TPSA) is 51.8 Å². The Balaban J connectivity index is 2.07. The maximum absolute atomic E-state index is 6.03. The predicted molar refractivity (Wildman–Crippen MR) is 85.1 cm³/mol. The zero-order valence-corrected chi connectivity index (χ0v) is 13.0. The second-order valence-electron chi connectivity index (χ2n) is 4.87. The molecule has 1 aliphatic rings. The Morgan fingerprint density at radius 3 is 2.89 bits per heavy atom. The van der Waals surface area contributed by atoms with Gasteiger partial charge in [-0.15, -0.1) is 0 Å². The smallest absolute Gasteiger partial charge is 0.140 e. The molecule has 0 radical (unpaired) electrons. The number of hydrogen-bond donors (Lipinski definition) is 1. The van der Waals surface area contributed by atoms with Crippen LogP contribution in [0.3, 0.4) is 0 Å². The molecular formula is C15H16IN3. The summed E-state index contributed by atoms with van der Waals surface area (Å²) in [6, 6.07) is 8.58. The number of anilines is 1. The zero-order valence-electron chi connectivity index (χ0n) is 10.9. The summed E-state index contributed by atoms with van der Waals surface area (Å²) in [6.45, 7) is 2.11. The summed E-state index contributed by atoms with van der Waals surface area (Å²) >= 11 is 2.23. The van der Waals surface area contributed by atoms with E-state index in [1.807, 2.05) is 0 Å². The lowest BCUT2D eigenvalue weighted by Crippen LogP contribution is -2.10. The quantitative estimate of drug-likeness (QED) is 0.831. The zero-order chi connectivity index (χ0) is 13.4. The fourth-order valence-corrected chi connectivity index (χ4v) is 3.37. The minimum Gasteiger partial charge on any atom is -0.383 e. The van der Waals surface area contributed by atoms with Crippen LogP contribution >= 0.6 is 22.6 Å². The van der Waals surface area contributed by atoms with Gasteiger partial charge in [0.05, 0.1) is 9.26 Å². The van der Waals surface area contributed by atoms with E-state index in [-0.39, 0.29) is 0 Å². The molecule has 2 N–H and O–H groups in total. The molecule has 1 aliphatic carbocycles. The summed E-state index contributed by atoms with van der Waals surface area (Å²) in [7, 11) is 0. The Labute approximate surface area is 126 Å². The van der Waals surface area contributed by atoms with Crippen LogP contribution in [-0.4, -0.2) is 9.97 Å². The number of nitrogen functional groups attached to an aromatic ring is 1. The van der Waals surface area contributed by atoms with Crippen molar-refractivity contribution in [3.63, 3.8) is 0 Å². The van der Waals surface area contributed by atoms with Crippen molar-refractivity contribution in [1.29, 1.82) is 0 Å². The molecule has 98 valence electrons. The first kappa shape index (κ1) is 12.8. The summed E-state index contributed by atoms with van der Waals surface area (Å²) in [5.74, 6) is 1.81. The van der Waals surface area contributed by atoms with Crippen LogP contribution in [0.1, 0.15) is 41.9 Å². The SMILES string of the molecule is CCc1nc(C2CCc3ccccc32)nc(N)c1I. The summed E-state index contributed by atoms with van der Waals surface area (Å²) < 4.78 is 0.995. The number of rotatable bonds is 2. The normalized spacial score (nSPS) is 17.5. The van der Waals surface area contributed by atoms with Crippen molar-refractivity contribution in [2.45, 2.75) is 32.1 Å². The molecule has 0 fully saturated rings. The summed E-state index contributed by atoms with van der Waals surface area (Å²) in [5.41, 5.74) is 9.88. The van der Waals surface area contributed by atoms with E-state index in [4.69, 9.17) is 10.7 Å². The first-order valence-corrected chi connectivity index (χ1v) is 7.68. The average molecular weight is 365 g/mol. The molecule has 0 aliphatic heterocycles. The highest BCUT2D eigenvalue weighted by Gasteiger charge is 2.26. The molecule has 3 nitrogen and oxygen atoms in total. The maximum Gasteiger partial charge on any atom is 0.140 e. The van der Waals surface area contributed by atoms with Gasteiger partial charge in [0.25, 0.3) is 0 Å². The lowest BCUT2D eigenvalue weighted by Gasteiger charge is -2.13. The van der Waals surface area contributed by atoms with Crippen LogP contribution in [0, 0.1) is 3.57 Å². The minimum absolute atomic E-state index is 0.306. The van der Waals surface area contributed by atoms with Crippen molar-refractivity contribution in [3.8, 4) is 0 Å². The molecular weight excluding hydrogens is 349 g/mol. The molecule has 0 saturated heterocycles. The number of benzene rings is 1. The van der Waals surface area contributed by atoms with Crippen LogP contribution in [0.5, 0.6) is 0 Å². The highest BCUT2D eigenvalue weighted by Crippen LogP contribution is 2.37. The Hall–Kier alpha value is -1.17. The third-order valence-electron chi connectivity index (χ3n) is 3.74. The fourth-order valence-electron chi connectivity index (χ4n) is 2.75. The number of nitrogens with two attached hydrogens (primary N) is 1. The van der Waals surface area contributed by atoms with E-state index in [9.17, 15) is 0 Å². The van der Waals surface area contributed by atoms with Crippen LogP contribution in [0.2, 0.25) is 0 Å². The number of nitrogens with zero attached hydrogens (tertiary/aromatic N) is 2. The van der Waals surface area contributed by atoms with E-state index < -0.39 is 0 Å². The number of aryl methyl sites for hydroxylation is 2. The first-order valence-electron chi connectivity index (χ1n) is 6.60. The average Bonchev–Trinajstić information content (AvgIpc) is 2.85. The van der Waals surface area contributed by atoms with E-state index in [0.29, 0.717) is 11.7 Å². The lowest BCUT2D eigenvalue weighted by molar-refractivity contribution is 0.719. The molecule has 0 amide bonds. The molecule has 0 spiro atoms. The van der Waals surface area contributed by atoms with E-state index in [2.05, 4.69) is 58.8 Å². The van der Waals surface area contributed by atoms with Crippen molar-refractivity contribution >= 4 is 28.4 Å². The monoisotopic (exact) mass is 365 g/mol. The van der Waals surface area contributed by atoms with Gasteiger partial charge in [-0.05, 0) is 53.0 Å². The third kappa shape index (κ3) is 2.22. The predicted octanol–water partition coefficient (Wildman–Crippen LogP) is 3.30. The lowest BCUT2D eigenvalue weighted by atomic mass is 10.0. The molecule has 0 saturated carbocycles. The number of aromatic nitrogens is 2. The number of halogens is 1. The summed E-state index contributed by atoms with van der Waals surface area (Å²) in [4.78, 5) is 9.26.